The highest BCUT2D eigenvalue weighted by Crippen LogP contribution is 2.37. The number of fused-ring (bicyclic) bond motifs is 2. The van der Waals surface area contributed by atoms with Gasteiger partial charge in [-0.05, 0) is 56.2 Å². The summed E-state index contributed by atoms with van der Waals surface area (Å²) < 4.78 is 0. The maximum atomic E-state index is 6.52. The topological polar surface area (TPSA) is 24.9 Å². The first-order valence-electron chi connectivity index (χ1n) is 8.06. The van der Waals surface area contributed by atoms with Gasteiger partial charge in [-0.1, -0.05) is 31.0 Å². The molecule has 0 unspecified atom stereocenters. The minimum absolute atomic E-state index is 0.814. The first kappa shape index (κ1) is 14.6. The molecule has 1 aromatic heterocycles. The zero-order valence-corrected chi connectivity index (χ0v) is 13.7. The monoisotopic (exact) mass is 302 g/mol. The van der Waals surface area contributed by atoms with Crippen molar-refractivity contribution in [3.8, 4) is 0 Å². The van der Waals surface area contributed by atoms with Crippen LogP contribution in [0.15, 0.2) is 12.1 Å². The molecule has 2 nitrogen and oxygen atoms in total. The lowest BCUT2D eigenvalue weighted by molar-refractivity contribution is 0.709. The molecule has 1 aliphatic carbocycles. The van der Waals surface area contributed by atoms with Gasteiger partial charge in [0, 0.05) is 17.6 Å². The van der Waals surface area contributed by atoms with Crippen LogP contribution < -0.4 is 5.32 Å². The van der Waals surface area contributed by atoms with Gasteiger partial charge in [-0.15, -0.1) is 0 Å². The summed E-state index contributed by atoms with van der Waals surface area (Å²) in [6.45, 7) is 5.30. The first-order valence-corrected chi connectivity index (χ1v) is 8.44. The Morgan fingerprint density at radius 1 is 1.19 bits per heavy atom. The Labute approximate surface area is 131 Å². The summed E-state index contributed by atoms with van der Waals surface area (Å²) in [5.74, 6) is 0. The van der Waals surface area contributed by atoms with E-state index in [0.29, 0.717) is 0 Å². The van der Waals surface area contributed by atoms with Crippen molar-refractivity contribution in [1.29, 1.82) is 0 Å². The van der Waals surface area contributed by atoms with Crippen LogP contribution >= 0.6 is 11.6 Å². The number of aryl methyl sites for hydroxylation is 2. The van der Waals surface area contributed by atoms with Gasteiger partial charge < -0.3 is 5.32 Å². The summed E-state index contributed by atoms with van der Waals surface area (Å²) >= 11 is 6.52. The number of rotatable bonds is 3. The molecule has 0 aliphatic heterocycles. The van der Waals surface area contributed by atoms with E-state index in [0.717, 1.165) is 41.7 Å². The van der Waals surface area contributed by atoms with Crippen molar-refractivity contribution in [2.24, 2.45) is 0 Å². The SMILES string of the molecule is CCCNc1c2c(nc3c(C)ccc(Cl)c13)CCCCC2. The summed E-state index contributed by atoms with van der Waals surface area (Å²) in [6.07, 6.45) is 7.13. The van der Waals surface area contributed by atoms with E-state index in [4.69, 9.17) is 16.6 Å². The second-order valence-electron chi connectivity index (χ2n) is 5.99. The molecule has 1 N–H and O–H groups in total. The van der Waals surface area contributed by atoms with Crippen molar-refractivity contribution in [3.63, 3.8) is 0 Å². The number of nitrogens with one attached hydrogen (secondary N) is 1. The molecule has 0 bridgehead atoms. The molecule has 0 spiro atoms. The normalized spacial score (nSPS) is 14.8. The highest BCUT2D eigenvalue weighted by molar-refractivity contribution is 6.36. The summed E-state index contributed by atoms with van der Waals surface area (Å²) in [4.78, 5) is 4.98. The fourth-order valence-corrected chi connectivity index (χ4v) is 3.49. The van der Waals surface area contributed by atoms with Crippen LogP contribution in [0.25, 0.3) is 10.9 Å². The fraction of sp³-hybridized carbons (Fsp3) is 0.500. The van der Waals surface area contributed by atoms with Crippen molar-refractivity contribution >= 4 is 28.2 Å². The van der Waals surface area contributed by atoms with Crippen LogP contribution in [0.4, 0.5) is 5.69 Å². The van der Waals surface area contributed by atoms with Crippen LogP contribution in [0.2, 0.25) is 5.02 Å². The van der Waals surface area contributed by atoms with Crippen LogP contribution in [0.3, 0.4) is 0 Å². The molecule has 1 heterocycles. The molecule has 0 amide bonds. The summed E-state index contributed by atoms with van der Waals surface area (Å²) in [5.41, 5.74) is 6.21. The molecule has 3 rings (SSSR count). The van der Waals surface area contributed by atoms with Crippen LogP contribution in [-0.2, 0) is 12.8 Å². The molecule has 112 valence electrons. The van der Waals surface area contributed by atoms with E-state index < -0.39 is 0 Å². The van der Waals surface area contributed by atoms with Crippen LogP contribution in [0.5, 0.6) is 0 Å². The quantitative estimate of drug-likeness (QED) is 0.779. The molecule has 0 saturated carbocycles. The number of aromatic nitrogens is 1. The molecule has 1 aromatic carbocycles. The molecule has 0 saturated heterocycles. The first-order chi connectivity index (χ1) is 10.2. The zero-order chi connectivity index (χ0) is 14.8. The molecule has 1 aliphatic rings. The summed E-state index contributed by atoms with van der Waals surface area (Å²) in [5, 5.41) is 5.57. The molecule has 0 radical (unpaired) electrons. The van der Waals surface area contributed by atoms with Crippen LogP contribution in [-0.4, -0.2) is 11.5 Å². The van der Waals surface area contributed by atoms with Gasteiger partial charge in [0.1, 0.15) is 0 Å². The number of pyridine rings is 1. The van der Waals surface area contributed by atoms with Crippen molar-refractivity contribution in [2.45, 2.75) is 52.4 Å². The lowest BCUT2D eigenvalue weighted by Gasteiger charge is -2.18. The molecular weight excluding hydrogens is 280 g/mol. The Balaban J connectivity index is 2.29. The maximum Gasteiger partial charge on any atom is 0.0770 e. The van der Waals surface area contributed by atoms with Crippen LogP contribution in [0, 0.1) is 6.92 Å². The van der Waals surface area contributed by atoms with Crippen molar-refractivity contribution in [2.75, 3.05) is 11.9 Å². The Morgan fingerprint density at radius 3 is 2.81 bits per heavy atom. The van der Waals surface area contributed by atoms with Crippen molar-refractivity contribution in [1.82, 2.24) is 4.98 Å². The van der Waals surface area contributed by atoms with E-state index in [1.54, 1.807) is 0 Å². The van der Waals surface area contributed by atoms with Gasteiger partial charge in [-0.2, -0.15) is 0 Å². The Hall–Kier alpha value is -1.28. The van der Waals surface area contributed by atoms with Gasteiger partial charge in [0.05, 0.1) is 16.2 Å². The zero-order valence-electron chi connectivity index (χ0n) is 12.9. The average molecular weight is 303 g/mol. The third-order valence-corrected chi connectivity index (χ3v) is 4.68. The third kappa shape index (κ3) is 2.74. The molecule has 2 aromatic rings. The molecule has 0 atom stereocenters. The van der Waals surface area contributed by atoms with E-state index in [9.17, 15) is 0 Å². The Bertz CT molecular complexity index is 664. The number of anilines is 1. The molecule has 21 heavy (non-hydrogen) atoms. The second kappa shape index (κ2) is 6.23. The summed E-state index contributed by atoms with van der Waals surface area (Å²) in [6, 6.07) is 4.07. The smallest absolute Gasteiger partial charge is 0.0770 e. The highest BCUT2D eigenvalue weighted by Gasteiger charge is 2.19. The van der Waals surface area contributed by atoms with E-state index in [1.807, 2.05) is 6.07 Å². The number of nitrogens with zero attached hydrogens (tertiary/aromatic N) is 1. The predicted molar refractivity (Wildman–Crippen MR) is 91.5 cm³/mol. The number of hydrogen-bond acceptors (Lipinski definition) is 2. The van der Waals surface area contributed by atoms with Gasteiger partial charge in [0.15, 0.2) is 0 Å². The number of hydrogen-bond donors (Lipinski definition) is 1. The maximum absolute atomic E-state index is 6.52. The van der Waals surface area contributed by atoms with Crippen molar-refractivity contribution < 1.29 is 0 Å². The third-order valence-electron chi connectivity index (χ3n) is 4.37. The Morgan fingerprint density at radius 2 is 2.00 bits per heavy atom. The predicted octanol–water partition coefficient (Wildman–Crippen LogP) is 5.29. The van der Waals surface area contributed by atoms with E-state index >= 15 is 0 Å². The number of benzene rings is 1. The van der Waals surface area contributed by atoms with Gasteiger partial charge in [-0.3, -0.25) is 4.98 Å². The Kier molecular flexibility index (Phi) is 4.34. The molecule has 3 heteroatoms. The minimum atomic E-state index is 0.814. The van der Waals surface area contributed by atoms with Gasteiger partial charge in [0.25, 0.3) is 0 Å². The standard InChI is InChI=1S/C18H23ClN2/c1-3-11-20-18-13-7-5-4-6-8-15(13)21-17-12(2)9-10-14(19)16(17)18/h9-10H,3-8,11H2,1-2H3,(H,20,21). The van der Waals surface area contributed by atoms with E-state index in [2.05, 4.69) is 25.2 Å². The summed E-state index contributed by atoms with van der Waals surface area (Å²) in [7, 11) is 0. The lowest BCUT2D eigenvalue weighted by atomic mass is 10.00. The highest BCUT2D eigenvalue weighted by atomic mass is 35.5. The van der Waals surface area contributed by atoms with Gasteiger partial charge >= 0.3 is 0 Å². The average Bonchev–Trinajstić information content (AvgIpc) is 2.73. The molecular formula is C18H23ClN2. The molecule has 0 fully saturated rings. The van der Waals surface area contributed by atoms with E-state index in [-0.39, 0.29) is 0 Å². The fourth-order valence-electron chi connectivity index (χ4n) is 3.24. The number of halogens is 1. The largest absolute Gasteiger partial charge is 0.384 e. The lowest BCUT2D eigenvalue weighted by Crippen LogP contribution is -2.08. The van der Waals surface area contributed by atoms with Gasteiger partial charge in [0.2, 0.25) is 0 Å². The van der Waals surface area contributed by atoms with Crippen molar-refractivity contribution in [3.05, 3.63) is 34.0 Å². The van der Waals surface area contributed by atoms with Crippen LogP contribution in [0.1, 0.15) is 49.4 Å². The van der Waals surface area contributed by atoms with E-state index in [1.165, 1.54) is 41.8 Å². The minimum Gasteiger partial charge on any atom is -0.384 e. The second-order valence-corrected chi connectivity index (χ2v) is 6.39. The van der Waals surface area contributed by atoms with Gasteiger partial charge in [-0.25, -0.2) is 0 Å².